The third kappa shape index (κ3) is 4.06. The molecule has 0 amide bonds. The minimum Gasteiger partial charge on any atom is -0.386 e. The van der Waals surface area contributed by atoms with Gasteiger partial charge in [-0.25, -0.2) is 13.2 Å². The maximum atomic E-state index is 13.2. The van der Waals surface area contributed by atoms with Crippen molar-refractivity contribution in [1.29, 1.82) is 5.26 Å². The summed E-state index contributed by atoms with van der Waals surface area (Å²) in [5.74, 6) is -0.525. The van der Waals surface area contributed by atoms with Crippen molar-refractivity contribution < 1.29 is 18.3 Å². The highest BCUT2D eigenvalue weighted by atomic mass is 19.3. The van der Waals surface area contributed by atoms with Crippen LogP contribution in [0.1, 0.15) is 11.1 Å². The molecule has 0 saturated heterocycles. The topological polar surface area (TPSA) is 56.0 Å². The van der Waals surface area contributed by atoms with Crippen LogP contribution >= 0.6 is 0 Å². The summed E-state index contributed by atoms with van der Waals surface area (Å²) in [5.41, 5.74) is 0.489. The Balaban J connectivity index is 2.55. The molecular weight excluding hydrogens is 233 g/mol. The molecule has 0 heterocycles. The summed E-state index contributed by atoms with van der Waals surface area (Å²) < 4.78 is 37.1. The second-order valence-electron chi connectivity index (χ2n) is 3.45. The van der Waals surface area contributed by atoms with E-state index in [0.717, 1.165) is 6.07 Å². The average Bonchev–Trinajstić information content (AvgIpc) is 2.31. The number of benzene rings is 1. The van der Waals surface area contributed by atoms with Crippen LogP contribution in [-0.4, -0.2) is 24.2 Å². The summed E-state index contributed by atoms with van der Waals surface area (Å²) in [6.45, 7) is -0.362. The summed E-state index contributed by atoms with van der Waals surface area (Å²) in [6, 6.07) is 5.64. The van der Waals surface area contributed by atoms with Crippen LogP contribution in [0.15, 0.2) is 18.2 Å². The van der Waals surface area contributed by atoms with E-state index in [1.54, 1.807) is 0 Å². The molecule has 1 aromatic carbocycles. The monoisotopic (exact) mass is 244 g/mol. The summed E-state index contributed by atoms with van der Waals surface area (Å²) >= 11 is 0. The fraction of sp³-hybridized carbons (Fsp3) is 0.364. The van der Waals surface area contributed by atoms with Crippen molar-refractivity contribution in [2.75, 3.05) is 6.54 Å². The summed E-state index contributed by atoms with van der Waals surface area (Å²) in [6.07, 6.45) is -4.62. The SMILES string of the molecule is N#Cc1ccc(F)c(CNCC(O)C(F)F)c1. The molecule has 0 aromatic heterocycles. The Morgan fingerprint density at radius 3 is 2.71 bits per heavy atom. The van der Waals surface area contributed by atoms with E-state index in [1.165, 1.54) is 12.1 Å². The highest BCUT2D eigenvalue weighted by Gasteiger charge is 2.16. The fourth-order valence-corrected chi connectivity index (χ4v) is 1.22. The van der Waals surface area contributed by atoms with Gasteiger partial charge in [-0.1, -0.05) is 0 Å². The Morgan fingerprint density at radius 1 is 1.41 bits per heavy atom. The molecule has 0 saturated carbocycles. The van der Waals surface area contributed by atoms with Crippen LogP contribution in [0.25, 0.3) is 0 Å². The second kappa shape index (κ2) is 6.23. The van der Waals surface area contributed by atoms with Crippen molar-refractivity contribution in [3.8, 4) is 6.07 Å². The number of aliphatic hydroxyl groups excluding tert-OH is 1. The van der Waals surface area contributed by atoms with E-state index in [-0.39, 0.29) is 24.2 Å². The lowest BCUT2D eigenvalue weighted by molar-refractivity contribution is -0.00343. The number of nitrogens with one attached hydrogen (secondary N) is 1. The standard InChI is InChI=1S/C11H11F3N2O/c12-9-2-1-7(4-15)3-8(9)5-16-6-10(17)11(13)14/h1-3,10-11,16-17H,5-6H2. The van der Waals surface area contributed by atoms with Gasteiger partial charge in [0, 0.05) is 18.7 Å². The Morgan fingerprint density at radius 2 is 2.12 bits per heavy atom. The van der Waals surface area contributed by atoms with Gasteiger partial charge in [-0.2, -0.15) is 5.26 Å². The van der Waals surface area contributed by atoms with Crippen LogP contribution in [0.2, 0.25) is 0 Å². The summed E-state index contributed by atoms with van der Waals surface area (Å²) in [4.78, 5) is 0. The van der Waals surface area contributed by atoms with Gasteiger partial charge in [0.05, 0.1) is 11.6 Å². The van der Waals surface area contributed by atoms with E-state index in [4.69, 9.17) is 10.4 Å². The van der Waals surface area contributed by atoms with E-state index in [1.807, 2.05) is 6.07 Å². The Labute approximate surface area is 96.5 Å². The van der Waals surface area contributed by atoms with Gasteiger partial charge in [0.2, 0.25) is 0 Å². The quantitative estimate of drug-likeness (QED) is 0.823. The number of rotatable bonds is 5. The molecule has 2 N–H and O–H groups in total. The molecule has 0 aliphatic heterocycles. The van der Waals surface area contributed by atoms with Gasteiger partial charge in [-0.15, -0.1) is 0 Å². The van der Waals surface area contributed by atoms with Gasteiger partial charge in [-0.3, -0.25) is 0 Å². The van der Waals surface area contributed by atoms with Crippen LogP contribution in [0.4, 0.5) is 13.2 Å². The van der Waals surface area contributed by atoms with Crippen molar-refractivity contribution in [3.05, 3.63) is 35.1 Å². The molecule has 17 heavy (non-hydrogen) atoms. The molecule has 92 valence electrons. The molecule has 1 rings (SSSR count). The zero-order valence-electron chi connectivity index (χ0n) is 8.83. The highest BCUT2D eigenvalue weighted by Crippen LogP contribution is 2.10. The molecule has 0 aliphatic rings. The Kier molecular flexibility index (Phi) is 4.94. The van der Waals surface area contributed by atoms with E-state index in [9.17, 15) is 13.2 Å². The third-order valence-corrected chi connectivity index (χ3v) is 2.13. The largest absolute Gasteiger partial charge is 0.386 e. The predicted molar refractivity (Wildman–Crippen MR) is 54.8 cm³/mol. The van der Waals surface area contributed by atoms with Crippen LogP contribution in [0.5, 0.6) is 0 Å². The zero-order chi connectivity index (χ0) is 12.8. The highest BCUT2D eigenvalue weighted by molar-refractivity contribution is 5.33. The molecule has 1 unspecified atom stereocenters. The van der Waals surface area contributed by atoms with Gasteiger partial charge < -0.3 is 10.4 Å². The Bertz CT molecular complexity index is 418. The summed E-state index contributed by atoms with van der Waals surface area (Å²) in [5, 5.41) is 19.9. The van der Waals surface area contributed by atoms with E-state index >= 15 is 0 Å². The first kappa shape index (κ1) is 13.5. The first-order chi connectivity index (χ1) is 8.04. The average molecular weight is 244 g/mol. The van der Waals surface area contributed by atoms with Crippen LogP contribution < -0.4 is 5.32 Å². The predicted octanol–water partition coefficient (Wildman–Crippen LogP) is 1.41. The molecule has 0 fully saturated rings. The first-order valence-electron chi connectivity index (χ1n) is 4.90. The minimum absolute atomic E-state index is 0.0227. The lowest BCUT2D eigenvalue weighted by Gasteiger charge is -2.11. The van der Waals surface area contributed by atoms with Gasteiger partial charge >= 0.3 is 0 Å². The van der Waals surface area contributed by atoms with Crippen molar-refractivity contribution in [1.82, 2.24) is 5.32 Å². The number of nitrogens with zero attached hydrogens (tertiary/aromatic N) is 1. The smallest absolute Gasteiger partial charge is 0.265 e. The van der Waals surface area contributed by atoms with Gasteiger partial charge in [-0.05, 0) is 18.2 Å². The minimum atomic E-state index is -2.84. The number of halogens is 3. The molecular formula is C11H11F3N2O. The van der Waals surface area contributed by atoms with Crippen molar-refractivity contribution in [2.24, 2.45) is 0 Å². The summed E-state index contributed by atoms with van der Waals surface area (Å²) in [7, 11) is 0. The normalized spacial score (nSPS) is 12.5. The molecule has 3 nitrogen and oxygen atoms in total. The third-order valence-electron chi connectivity index (χ3n) is 2.13. The van der Waals surface area contributed by atoms with E-state index < -0.39 is 18.3 Å². The van der Waals surface area contributed by atoms with E-state index in [0.29, 0.717) is 0 Å². The van der Waals surface area contributed by atoms with Gasteiger partial charge in [0.25, 0.3) is 6.43 Å². The number of hydrogen-bond acceptors (Lipinski definition) is 3. The zero-order valence-corrected chi connectivity index (χ0v) is 8.83. The van der Waals surface area contributed by atoms with Crippen LogP contribution in [-0.2, 0) is 6.54 Å². The molecule has 0 spiro atoms. The van der Waals surface area contributed by atoms with Crippen LogP contribution in [0.3, 0.4) is 0 Å². The van der Waals surface area contributed by atoms with Gasteiger partial charge in [0.15, 0.2) is 0 Å². The number of hydrogen-bond donors (Lipinski definition) is 2. The molecule has 0 aliphatic carbocycles. The molecule has 0 bridgehead atoms. The molecule has 0 radical (unpaired) electrons. The molecule has 6 heteroatoms. The Hall–Kier alpha value is -1.58. The van der Waals surface area contributed by atoms with Crippen LogP contribution in [0, 0.1) is 17.1 Å². The molecule has 1 aromatic rings. The van der Waals surface area contributed by atoms with Crippen molar-refractivity contribution in [2.45, 2.75) is 19.1 Å². The fourth-order valence-electron chi connectivity index (χ4n) is 1.22. The van der Waals surface area contributed by atoms with Crippen molar-refractivity contribution in [3.63, 3.8) is 0 Å². The second-order valence-corrected chi connectivity index (χ2v) is 3.45. The van der Waals surface area contributed by atoms with E-state index in [2.05, 4.69) is 5.32 Å². The lowest BCUT2D eigenvalue weighted by atomic mass is 10.1. The maximum absolute atomic E-state index is 13.2. The number of alkyl halides is 2. The number of nitriles is 1. The molecule has 1 atom stereocenters. The van der Waals surface area contributed by atoms with Gasteiger partial charge in [0.1, 0.15) is 11.9 Å². The first-order valence-corrected chi connectivity index (χ1v) is 4.90. The maximum Gasteiger partial charge on any atom is 0.265 e. The lowest BCUT2D eigenvalue weighted by Crippen LogP contribution is -2.31. The number of aliphatic hydroxyl groups is 1. The van der Waals surface area contributed by atoms with Crippen molar-refractivity contribution >= 4 is 0 Å².